The van der Waals surface area contributed by atoms with Crippen molar-refractivity contribution in [1.82, 2.24) is 9.80 Å². The zero-order chi connectivity index (χ0) is 16.3. The van der Waals surface area contributed by atoms with E-state index in [1.807, 2.05) is 6.92 Å². The van der Waals surface area contributed by atoms with Crippen molar-refractivity contribution in [2.75, 3.05) is 20.0 Å². The second-order valence-electron chi connectivity index (χ2n) is 5.57. The van der Waals surface area contributed by atoms with Gasteiger partial charge in [-0.15, -0.1) is 34.8 Å². The molecule has 1 saturated heterocycles. The van der Waals surface area contributed by atoms with Crippen LogP contribution in [0.5, 0.6) is 0 Å². The van der Waals surface area contributed by atoms with Gasteiger partial charge >= 0.3 is 0 Å². The van der Waals surface area contributed by atoms with Crippen molar-refractivity contribution >= 4 is 46.6 Å². The molecule has 0 aliphatic carbocycles. The number of likely N-dealkylation sites (N-methyl/N-ethyl adjacent to an activating group) is 2. The van der Waals surface area contributed by atoms with Crippen molar-refractivity contribution in [3.8, 4) is 0 Å². The van der Waals surface area contributed by atoms with Crippen LogP contribution >= 0.6 is 34.8 Å². The third-order valence-electron chi connectivity index (χ3n) is 3.69. The Balaban J connectivity index is 3.02. The third kappa shape index (κ3) is 4.27. The van der Waals surface area contributed by atoms with Crippen molar-refractivity contribution in [3.05, 3.63) is 11.8 Å². The van der Waals surface area contributed by atoms with Crippen molar-refractivity contribution < 1.29 is 9.59 Å². The second-order valence-corrected chi connectivity index (χ2v) is 7.04. The monoisotopic (exact) mass is 354 g/mol. The number of alkyl halides is 3. The molecule has 1 rings (SSSR count). The Morgan fingerprint density at radius 1 is 1.24 bits per heavy atom. The lowest BCUT2D eigenvalue weighted by Gasteiger charge is -2.39. The SMILES string of the molecule is CC(CCl)CC1C(=O)N(C)/C(=C/[C@H](C)C(Cl)Cl)C(=O)N1C. The number of allylic oxidation sites excluding steroid dienone is 1. The average molecular weight is 356 g/mol. The Labute approximate surface area is 141 Å². The molecule has 1 aliphatic heterocycles. The predicted molar refractivity (Wildman–Crippen MR) is 86.6 cm³/mol. The first-order chi connectivity index (χ1) is 9.70. The molecule has 3 atom stereocenters. The van der Waals surface area contributed by atoms with Crippen molar-refractivity contribution in [3.63, 3.8) is 0 Å². The van der Waals surface area contributed by atoms with E-state index in [1.165, 1.54) is 9.80 Å². The minimum Gasteiger partial charge on any atom is -0.328 e. The van der Waals surface area contributed by atoms with Gasteiger partial charge in [0.2, 0.25) is 5.91 Å². The summed E-state index contributed by atoms with van der Waals surface area (Å²) < 4.78 is 0. The summed E-state index contributed by atoms with van der Waals surface area (Å²) in [5.41, 5.74) is 0.316. The smallest absolute Gasteiger partial charge is 0.270 e. The van der Waals surface area contributed by atoms with Gasteiger partial charge in [-0.25, -0.2) is 0 Å². The molecule has 1 fully saturated rings. The van der Waals surface area contributed by atoms with Gasteiger partial charge in [0.05, 0.1) is 0 Å². The molecule has 4 nitrogen and oxygen atoms in total. The van der Waals surface area contributed by atoms with Gasteiger partial charge in [0, 0.05) is 25.9 Å². The first-order valence-corrected chi connectivity index (χ1v) is 8.22. The van der Waals surface area contributed by atoms with E-state index < -0.39 is 10.9 Å². The molecule has 21 heavy (non-hydrogen) atoms. The maximum Gasteiger partial charge on any atom is 0.270 e. The Morgan fingerprint density at radius 3 is 2.29 bits per heavy atom. The molecule has 7 heteroatoms. The van der Waals surface area contributed by atoms with E-state index in [0.717, 1.165) is 0 Å². The normalized spacial score (nSPS) is 25.0. The average Bonchev–Trinajstić information content (AvgIpc) is 2.45. The number of carbonyl (C=O) groups excluding carboxylic acids is 2. The second kappa shape index (κ2) is 7.70. The lowest BCUT2D eigenvalue weighted by atomic mass is 9.98. The number of hydrogen-bond donors (Lipinski definition) is 0. The van der Waals surface area contributed by atoms with Crippen molar-refractivity contribution in [2.45, 2.75) is 31.1 Å². The van der Waals surface area contributed by atoms with Crippen LogP contribution in [0.1, 0.15) is 20.3 Å². The molecular weight excluding hydrogens is 335 g/mol. The highest BCUT2D eigenvalue weighted by Crippen LogP contribution is 2.26. The van der Waals surface area contributed by atoms with Gasteiger partial charge in [0.25, 0.3) is 5.91 Å². The minimum absolute atomic E-state index is 0.117. The molecule has 120 valence electrons. The van der Waals surface area contributed by atoms with Crippen LogP contribution in [0.15, 0.2) is 11.8 Å². The molecule has 2 amide bonds. The summed E-state index contributed by atoms with van der Waals surface area (Å²) >= 11 is 17.4. The van der Waals surface area contributed by atoms with Gasteiger partial charge in [-0.1, -0.05) is 13.8 Å². The first-order valence-electron chi connectivity index (χ1n) is 6.81. The van der Waals surface area contributed by atoms with Gasteiger partial charge in [0.1, 0.15) is 16.6 Å². The molecule has 0 spiro atoms. The molecular formula is C14H21Cl3N2O2. The molecule has 0 radical (unpaired) electrons. The number of halogens is 3. The van der Waals surface area contributed by atoms with Crippen LogP contribution < -0.4 is 0 Å². The molecule has 0 bridgehead atoms. The van der Waals surface area contributed by atoms with E-state index in [-0.39, 0.29) is 23.7 Å². The Bertz CT molecular complexity index is 440. The zero-order valence-electron chi connectivity index (χ0n) is 12.6. The lowest BCUT2D eigenvalue weighted by molar-refractivity contribution is -0.149. The number of nitrogens with zero attached hydrogens (tertiary/aromatic N) is 2. The summed E-state index contributed by atoms with van der Waals surface area (Å²) in [7, 11) is 3.23. The Kier molecular flexibility index (Phi) is 6.82. The standard InChI is InChI=1S/C14H21Cl3N2O2/c1-8(7-15)5-10-13(20)19(4)11(14(21)18(10)3)6-9(2)12(16)17/h6,8-10,12H,5,7H2,1-4H3/b11-6+/t8?,9-,10?/m0/s1. The third-order valence-corrected chi connectivity index (χ3v) is 5.01. The van der Waals surface area contributed by atoms with Gasteiger partial charge < -0.3 is 9.80 Å². The van der Waals surface area contributed by atoms with E-state index >= 15 is 0 Å². The van der Waals surface area contributed by atoms with Crippen LogP contribution in [0.25, 0.3) is 0 Å². The minimum atomic E-state index is -0.631. The molecule has 0 aromatic heterocycles. The van der Waals surface area contributed by atoms with E-state index in [4.69, 9.17) is 34.8 Å². The quantitative estimate of drug-likeness (QED) is 0.562. The van der Waals surface area contributed by atoms with Crippen LogP contribution in [0, 0.1) is 11.8 Å². The molecule has 1 aliphatic rings. The number of rotatable bonds is 5. The summed E-state index contributed by atoms with van der Waals surface area (Å²) in [4.78, 5) is 27.2. The summed E-state index contributed by atoms with van der Waals surface area (Å²) in [6, 6.07) is -0.480. The molecule has 0 aromatic carbocycles. The highest BCUT2D eigenvalue weighted by Gasteiger charge is 2.39. The number of piperazine rings is 1. The fourth-order valence-corrected chi connectivity index (χ4v) is 2.45. The fraction of sp³-hybridized carbons (Fsp3) is 0.714. The van der Waals surface area contributed by atoms with Gasteiger partial charge in [-0.05, 0) is 18.4 Å². The Morgan fingerprint density at radius 2 is 1.81 bits per heavy atom. The summed E-state index contributed by atoms with van der Waals surface area (Å²) in [5.74, 6) is 0.0612. The molecule has 0 saturated carbocycles. The Hall–Kier alpha value is -0.450. The predicted octanol–water partition coefficient (Wildman–Crippen LogP) is 2.87. The van der Waals surface area contributed by atoms with Crippen molar-refractivity contribution in [2.24, 2.45) is 11.8 Å². The fourth-order valence-electron chi connectivity index (χ4n) is 2.18. The highest BCUT2D eigenvalue weighted by molar-refractivity contribution is 6.44. The van der Waals surface area contributed by atoms with Crippen LogP contribution in [0.4, 0.5) is 0 Å². The van der Waals surface area contributed by atoms with Crippen molar-refractivity contribution in [1.29, 1.82) is 0 Å². The van der Waals surface area contributed by atoms with Crippen LogP contribution in [-0.4, -0.2) is 52.5 Å². The highest BCUT2D eigenvalue weighted by atomic mass is 35.5. The van der Waals surface area contributed by atoms with E-state index in [9.17, 15) is 9.59 Å². The summed E-state index contributed by atoms with van der Waals surface area (Å²) in [5, 5.41) is 0. The zero-order valence-corrected chi connectivity index (χ0v) is 14.9. The molecule has 1 heterocycles. The lowest BCUT2D eigenvalue weighted by Crippen LogP contribution is -2.56. The van der Waals surface area contributed by atoms with Gasteiger partial charge in [-0.2, -0.15) is 0 Å². The largest absolute Gasteiger partial charge is 0.328 e. The molecule has 2 unspecified atom stereocenters. The van der Waals surface area contributed by atoms with Crippen LogP contribution in [0.2, 0.25) is 0 Å². The topological polar surface area (TPSA) is 40.6 Å². The summed E-state index contributed by atoms with van der Waals surface area (Å²) in [6.07, 6.45) is 2.19. The summed E-state index contributed by atoms with van der Waals surface area (Å²) in [6.45, 7) is 3.75. The molecule has 0 N–H and O–H groups in total. The number of amides is 2. The van der Waals surface area contributed by atoms with Crippen LogP contribution in [-0.2, 0) is 9.59 Å². The molecule has 0 aromatic rings. The van der Waals surface area contributed by atoms with Crippen LogP contribution in [0.3, 0.4) is 0 Å². The number of carbonyl (C=O) groups is 2. The van der Waals surface area contributed by atoms with Gasteiger partial charge in [0.15, 0.2) is 0 Å². The first kappa shape index (κ1) is 18.6. The maximum atomic E-state index is 12.5. The van der Waals surface area contributed by atoms with E-state index in [2.05, 4.69) is 0 Å². The number of hydrogen-bond acceptors (Lipinski definition) is 2. The van der Waals surface area contributed by atoms with E-state index in [1.54, 1.807) is 27.1 Å². The van der Waals surface area contributed by atoms with E-state index in [0.29, 0.717) is 18.0 Å². The van der Waals surface area contributed by atoms with Gasteiger partial charge in [-0.3, -0.25) is 9.59 Å². The maximum absolute atomic E-state index is 12.5.